The van der Waals surface area contributed by atoms with Crippen LogP contribution in [0.25, 0.3) is 0 Å². The molecule has 1 aliphatic carbocycles. The number of benzene rings is 1. The molecule has 2 rings (SSSR count). The molecule has 0 bridgehead atoms. The lowest BCUT2D eigenvalue weighted by Gasteiger charge is -2.38. The Kier molecular flexibility index (Phi) is 5.90. The van der Waals surface area contributed by atoms with Crippen molar-refractivity contribution in [3.63, 3.8) is 0 Å². The van der Waals surface area contributed by atoms with E-state index >= 15 is 0 Å². The van der Waals surface area contributed by atoms with Gasteiger partial charge in [0.05, 0.1) is 12.5 Å². The lowest BCUT2D eigenvalue weighted by molar-refractivity contribution is -0.151. The van der Waals surface area contributed by atoms with Crippen molar-refractivity contribution in [2.45, 2.75) is 57.3 Å². The Bertz CT molecular complexity index is 624. The van der Waals surface area contributed by atoms with Crippen LogP contribution in [0.4, 0.5) is 0 Å². The van der Waals surface area contributed by atoms with E-state index in [-0.39, 0.29) is 17.8 Å². The standard InChI is InChI=1S/C20H28O3Si/c1-5-23-19(21)17-11-12-20(22,13-14-24(2,3)4)15-18(17)16-9-7-6-8-10-16/h6-10,17-18,22H,5,11-12,15H2,1-4H3/t17-,18+,20?/m0/s1. The van der Waals surface area contributed by atoms with Gasteiger partial charge in [-0.1, -0.05) is 55.9 Å². The number of ether oxygens (including phenoxy) is 1. The summed E-state index contributed by atoms with van der Waals surface area (Å²) in [5.41, 5.74) is 3.36. The van der Waals surface area contributed by atoms with Crippen LogP contribution in [0, 0.1) is 17.4 Å². The van der Waals surface area contributed by atoms with E-state index in [1.54, 1.807) is 0 Å². The molecule has 1 aromatic carbocycles. The van der Waals surface area contributed by atoms with Crippen LogP contribution < -0.4 is 0 Å². The molecule has 3 atom stereocenters. The van der Waals surface area contributed by atoms with Crippen LogP contribution in [-0.2, 0) is 9.53 Å². The third kappa shape index (κ3) is 4.96. The molecule has 1 unspecified atom stereocenters. The summed E-state index contributed by atoms with van der Waals surface area (Å²) in [5.74, 6) is 2.72. The molecule has 0 saturated heterocycles. The van der Waals surface area contributed by atoms with Gasteiger partial charge in [0.15, 0.2) is 0 Å². The molecule has 1 saturated carbocycles. The second-order valence-electron chi connectivity index (χ2n) is 7.65. The number of carbonyl (C=O) groups is 1. The van der Waals surface area contributed by atoms with Gasteiger partial charge < -0.3 is 9.84 Å². The zero-order chi connectivity index (χ0) is 17.8. The first kappa shape index (κ1) is 18.8. The zero-order valence-corrected chi connectivity index (χ0v) is 16.1. The molecule has 1 N–H and O–H groups in total. The molecule has 0 amide bonds. The predicted octanol–water partition coefficient (Wildman–Crippen LogP) is 3.75. The van der Waals surface area contributed by atoms with E-state index in [9.17, 15) is 9.90 Å². The fourth-order valence-electron chi connectivity index (χ4n) is 3.20. The first-order valence-corrected chi connectivity index (χ1v) is 12.2. The van der Waals surface area contributed by atoms with Crippen LogP contribution in [0.1, 0.15) is 37.7 Å². The molecule has 0 spiro atoms. The quantitative estimate of drug-likeness (QED) is 0.516. The summed E-state index contributed by atoms with van der Waals surface area (Å²) >= 11 is 0. The first-order chi connectivity index (χ1) is 11.2. The minimum atomic E-state index is -1.55. The van der Waals surface area contributed by atoms with E-state index in [0.717, 1.165) is 5.56 Å². The number of esters is 1. The molecule has 4 heteroatoms. The molecule has 0 aliphatic heterocycles. The molecule has 0 aromatic heterocycles. The molecule has 3 nitrogen and oxygen atoms in total. The van der Waals surface area contributed by atoms with Gasteiger partial charge in [-0.05, 0) is 31.7 Å². The Morgan fingerprint density at radius 3 is 2.58 bits per heavy atom. The highest BCUT2D eigenvalue weighted by Crippen LogP contribution is 2.43. The molecule has 1 fully saturated rings. The van der Waals surface area contributed by atoms with Crippen molar-refractivity contribution in [2.75, 3.05) is 6.61 Å². The monoisotopic (exact) mass is 344 g/mol. The Morgan fingerprint density at radius 2 is 2.00 bits per heavy atom. The third-order valence-corrected chi connectivity index (χ3v) is 5.27. The van der Waals surface area contributed by atoms with Gasteiger partial charge in [-0.15, -0.1) is 5.54 Å². The van der Waals surface area contributed by atoms with Crippen molar-refractivity contribution >= 4 is 14.0 Å². The average Bonchev–Trinajstić information content (AvgIpc) is 2.53. The van der Waals surface area contributed by atoms with E-state index in [1.807, 2.05) is 37.3 Å². The van der Waals surface area contributed by atoms with E-state index in [1.165, 1.54) is 0 Å². The normalized spacial score (nSPS) is 27.0. The molecular weight excluding hydrogens is 316 g/mol. The maximum atomic E-state index is 12.4. The van der Waals surface area contributed by atoms with E-state index in [4.69, 9.17) is 4.74 Å². The molecular formula is C20H28O3Si. The van der Waals surface area contributed by atoms with Crippen LogP contribution in [0.15, 0.2) is 30.3 Å². The number of aliphatic hydroxyl groups is 1. The summed E-state index contributed by atoms with van der Waals surface area (Å²) in [6.45, 7) is 8.72. The van der Waals surface area contributed by atoms with Gasteiger partial charge in [0.2, 0.25) is 0 Å². The van der Waals surface area contributed by atoms with Gasteiger partial charge in [-0.3, -0.25) is 4.79 Å². The maximum absolute atomic E-state index is 12.4. The smallest absolute Gasteiger partial charge is 0.309 e. The van der Waals surface area contributed by atoms with Crippen molar-refractivity contribution in [3.8, 4) is 11.5 Å². The molecule has 24 heavy (non-hydrogen) atoms. The topological polar surface area (TPSA) is 46.5 Å². The van der Waals surface area contributed by atoms with Crippen LogP contribution in [0.5, 0.6) is 0 Å². The number of hydrogen-bond acceptors (Lipinski definition) is 3. The Morgan fingerprint density at radius 1 is 1.33 bits per heavy atom. The van der Waals surface area contributed by atoms with Crippen LogP contribution in [-0.4, -0.2) is 31.4 Å². The zero-order valence-electron chi connectivity index (χ0n) is 15.1. The second kappa shape index (κ2) is 7.54. The van der Waals surface area contributed by atoms with E-state index < -0.39 is 13.7 Å². The third-order valence-electron chi connectivity index (χ3n) is 4.40. The Balaban J connectivity index is 2.30. The fraction of sp³-hybridized carbons (Fsp3) is 0.550. The van der Waals surface area contributed by atoms with Crippen molar-refractivity contribution in [1.82, 2.24) is 0 Å². The Hall–Kier alpha value is -1.57. The first-order valence-electron chi connectivity index (χ1n) is 8.72. The number of carbonyl (C=O) groups excluding carboxylic acids is 1. The average molecular weight is 345 g/mol. The Labute approximate surface area is 146 Å². The van der Waals surface area contributed by atoms with Gasteiger partial charge >= 0.3 is 5.97 Å². The fourth-order valence-corrected chi connectivity index (χ4v) is 3.81. The summed E-state index contributed by atoms with van der Waals surface area (Å²) < 4.78 is 5.27. The van der Waals surface area contributed by atoms with Gasteiger partial charge in [0, 0.05) is 5.92 Å². The minimum Gasteiger partial charge on any atom is -0.466 e. The maximum Gasteiger partial charge on any atom is 0.309 e. The summed E-state index contributed by atoms with van der Waals surface area (Å²) in [4.78, 5) is 12.4. The van der Waals surface area contributed by atoms with Gasteiger partial charge in [-0.2, -0.15) is 0 Å². The number of rotatable bonds is 3. The summed E-state index contributed by atoms with van der Waals surface area (Å²) in [6.07, 6.45) is 1.62. The van der Waals surface area contributed by atoms with Gasteiger partial charge in [-0.25, -0.2) is 0 Å². The van der Waals surface area contributed by atoms with Gasteiger partial charge in [0.25, 0.3) is 0 Å². The van der Waals surface area contributed by atoms with Gasteiger partial charge in [0.1, 0.15) is 13.7 Å². The van der Waals surface area contributed by atoms with Crippen molar-refractivity contribution in [3.05, 3.63) is 35.9 Å². The largest absolute Gasteiger partial charge is 0.466 e. The van der Waals surface area contributed by atoms with E-state index in [2.05, 4.69) is 31.1 Å². The lowest BCUT2D eigenvalue weighted by Crippen LogP contribution is -2.40. The second-order valence-corrected chi connectivity index (χ2v) is 12.4. The summed E-state index contributed by atoms with van der Waals surface area (Å²) in [5, 5.41) is 11.0. The molecule has 1 aliphatic rings. The summed E-state index contributed by atoms with van der Waals surface area (Å²) in [7, 11) is -1.55. The highest BCUT2D eigenvalue weighted by Gasteiger charge is 2.43. The highest BCUT2D eigenvalue weighted by molar-refractivity contribution is 6.83. The van der Waals surface area contributed by atoms with Crippen LogP contribution in [0.2, 0.25) is 19.6 Å². The number of hydrogen-bond donors (Lipinski definition) is 1. The molecule has 130 valence electrons. The summed E-state index contributed by atoms with van der Waals surface area (Å²) in [6, 6.07) is 9.95. The SMILES string of the molecule is CCOC(=O)[C@H]1CCC(O)(C#C[Si](C)(C)C)C[C@@H]1c1ccccc1. The lowest BCUT2D eigenvalue weighted by atomic mass is 9.69. The van der Waals surface area contributed by atoms with E-state index in [0.29, 0.717) is 25.9 Å². The van der Waals surface area contributed by atoms with Crippen molar-refractivity contribution in [1.29, 1.82) is 0 Å². The van der Waals surface area contributed by atoms with Crippen molar-refractivity contribution in [2.24, 2.45) is 5.92 Å². The van der Waals surface area contributed by atoms with Crippen LogP contribution in [0.3, 0.4) is 0 Å². The predicted molar refractivity (Wildman–Crippen MR) is 99.2 cm³/mol. The van der Waals surface area contributed by atoms with Crippen LogP contribution >= 0.6 is 0 Å². The molecule has 0 heterocycles. The highest BCUT2D eigenvalue weighted by atomic mass is 28.3. The molecule has 1 aromatic rings. The minimum absolute atomic E-state index is 0.0556. The van der Waals surface area contributed by atoms with Crippen molar-refractivity contribution < 1.29 is 14.6 Å². The molecule has 0 radical (unpaired) electrons.